The number of aryl methyl sites for hydroxylation is 1. The summed E-state index contributed by atoms with van der Waals surface area (Å²) in [5.74, 6) is 1.01. The van der Waals surface area contributed by atoms with Crippen LogP contribution < -0.4 is 5.73 Å². The molecule has 0 bridgehead atoms. The normalized spacial score (nSPS) is 14.8. The Balaban J connectivity index is 2.04. The van der Waals surface area contributed by atoms with Crippen molar-refractivity contribution >= 4 is 16.7 Å². The van der Waals surface area contributed by atoms with Crippen molar-refractivity contribution in [3.05, 3.63) is 48.0 Å². The van der Waals surface area contributed by atoms with Crippen molar-refractivity contribution in [3.63, 3.8) is 0 Å². The molecule has 0 atom stereocenters. The van der Waals surface area contributed by atoms with Crippen LogP contribution >= 0.6 is 0 Å². The molecule has 0 unspecified atom stereocenters. The van der Waals surface area contributed by atoms with E-state index in [0.29, 0.717) is 6.04 Å². The van der Waals surface area contributed by atoms with Gasteiger partial charge in [0.2, 0.25) is 0 Å². The van der Waals surface area contributed by atoms with Crippen LogP contribution in [0.1, 0.15) is 24.4 Å². The monoisotopic (exact) mass is 263 g/mol. The lowest BCUT2D eigenvalue weighted by Gasteiger charge is -2.11. The van der Waals surface area contributed by atoms with Crippen molar-refractivity contribution in [2.45, 2.75) is 25.8 Å². The van der Waals surface area contributed by atoms with Gasteiger partial charge in [0.15, 0.2) is 0 Å². The number of aromatic nitrogens is 2. The second-order valence-corrected chi connectivity index (χ2v) is 5.56. The first-order valence-electron chi connectivity index (χ1n) is 7.08. The van der Waals surface area contributed by atoms with E-state index in [1.165, 1.54) is 18.4 Å². The number of nitrogens with zero attached hydrogens (tertiary/aromatic N) is 2. The fraction of sp³-hybridized carbons (Fsp3) is 0.235. The summed E-state index contributed by atoms with van der Waals surface area (Å²) in [5.41, 5.74) is 11.5. The minimum absolute atomic E-state index is 0.581. The number of para-hydroxylation sites is 3. The molecular weight excluding hydrogens is 246 g/mol. The average Bonchev–Trinajstić information content (AvgIpc) is 3.22. The fourth-order valence-corrected chi connectivity index (χ4v) is 2.81. The van der Waals surface area contributed by atoms with E-state index in [1.807, 2.05) is 19.1 Å². The number of benzene rings is 2. The lowest BCUT2D eigenvalue weighted by molar-refractivity contribution is 0.775. The summed E-state index contributed by atoms with van der Waals surface area (Å²) < 4.78 is 2.36. The summed E-state index contributed by atoms with van der Waals surface area (Å²) in [7, 11) is 0. The molecule has 1 heterocycles. The highest BCUT2D eigenvalue weighted by atomic mass is 15.1. The number of hydrogen-bond acceptors (Lipinski definition) is 2. The molecule has 100 valence electrons. The zero-order valence-electron chi connectivity index (χ0n) is 11.5. The van der Waals surface area contributed by atoms with E-state index in [2.05, 4.69) is 34.9 Å². The molecule has 0 saturated heterocycles. The lowest BCUT2D eigenvalue weighted by atomic mass is 10.1. The maximum atomic E-state index is 6.27. The summed E-state index contributed by atoms with van der Waals surface area (Å²) in [6.45, 7) is 2.04. The van der Waals surface area contributed by atoms with E-state index >= 15 is 0 Å². The zero-order chi connectivity index (χ0) is 13.7. The Hall–Kier alpha value is -2.29. The largest absolute Gasteiger partial charge is 0.398 e. The Morgan fingerprint density at radius 1 is 1.10 bits per heavy atom. The van der Waals surface area contributed by atoms with Crippen LogP contribution in [-0.2, 0) is 0 Å². The summed E-state index contributed by atoms with van der Waals surface area (Å²) in [5, 5.41) is 0. The molecule has 1 fully saturated rings. The number of fused-ring (bicyclic) bond motifs is 1. The quantitative estimate of drug-likeness (QED) is 0.712. The molecule has 3 nitrogen and oxygen atoms in total. The number of imidazole rings is 1. The molecule has 1 aliphatic carbocycles. The molecule has 3 aromatic rings. The van der Waals surface area contributed by atoms with Crippen LogP contribution in [0.2, 0.25) is 0 Å². The van der Waals surface area contributed by atoms with E-state index < -0.39 is 0 Å². The highest BCUT2D eigenvalue weighted by Gasteiger charge is 2.29. The molecule has 0 spiro atoms. The van der Waals surface area contributed by atoms with Gasteiger partial charge in [0.25, 0.3) is 0 Å². The lowest BCUT2D eigenvalue weighted by Crippen LogP contribution is -2.01. The van der Waals surface area contributed by atoms with Gasteiger partial charge >= 0.3 is 0 Å². The molecule has 20 heavy (non-hydrogen) atoms. The van der Waals surface area contributed by atoms with Crippen molar-refractivity contribution in [2.24, 2.45) is 0 Å². The number of anilines is 1. The summed E-state index contributed by atoms with van der Waals surface area (Å²) in [4.78, 5) is 4.83. The van der Waals surface area contributed by atoms with Gasteiger partial charge in [-0.05, 0) is 43.5 Å². The predicted octanol–water partition coefficient (Wildman–Crippen LogP) is 3.93. The van der Waals surface area contributed by atoms with Crippen molar-refractivity contribution in [1.82, 2.24) is 9.55 Å². The maximum absolute atomic E-state index is 6.27. The van der Waals surface area contributed by atoms with Crippen molar-refractivity contribution < 1.29 is 0 Å². The van der Waals surface area contributed by atoms with E-state index in [9.17, 15) is 0 Å². The van der Waals surface area contributed by atoms with Gasteiger partial charge in [-0.25, -0.2) is 4.98 Å². The second-order valence-electron chi connectivity index (χ2n) is 5.56. The van der Waals surface area contributed by atoms with Crippen molar-refractivity contribution in [3.8, 4) is 11.4 Å². The molecule has 3 heteroatoms. The maximum Gasteiger partial charge on any atom is 0.143 e. The van der Waals surface area contributed by atoms with Gasteiger partial charge in [0.05, 0.1) is 11.0 Å². The number of rotatable bonds is 2. The first-order chi connectivity index (χ1) is 9.75. The van der Waals surface area contributed by atoms with E-state index in [1.54, 1.807) is 0 Å². The van der Waals surface area contributed by atoms with Crippen molar-refractivity contribution in [2.75, 3.05) is 5.73 Å². The van der Waals surface area contributed by atoms with Crippen LogP contribution in [0.25, 0.3) is 22.4 Å². The highest BCUT2D eigenvalue weighted by Crippen LogP contribution is 2.42. The van der Waals surface area contributed by atoms with Gasteiger partial charge in [-0.2, -0.15) is 0 Å². The Morgan fingerprint density at radius 3 is 2.70 bits per heavy atom. The standard InChI is InChI=1S/C17H17N3/c1-11-5-4-6-13(16(11)18)17-19-14-7-2-3-8-15(14)20(17)12-9-10-12/h2-8,12H,9-10,18H2,1H3. The fourth-order valence-electron chi connectivity index (χ4n) is 2.81. The minimum atomic E-state index is 0.581. The summed E-state index contributed by atoms with van der Waals surface area (Å²) in [6, 6.07) is 15.1. The predicted molar refractivity (Wildman–Crippen MR) is 82.6 cm³/mol. The average molecular weight is 263 g/mol. The Bertz CT molecular complexity index is 797. The van der Waals surface area contributed by atoms with Crippen LogP contribution in [-0.4, -0.2) is 9.55 Å². The Morgan fingerprint density at radius 2 is 1.90 bits per heavy atom. The third-order valence-electron chi connectivity index (χ3n) is 4.07. The molecule has 2 aromatic carbocycles. The molecule has 1 aliphatic rings. The van der Waals surface area contributed by atoms with Crippen LogP contribution in [0.4, 0.5) is 5.69 Å². The summed E-state index contributed by atoms with van der Waals surface area (Å²) >= 11 is 0. The zero-order valence-corrected chi connectivity index (χ0v) is 11.5. The van der Waals surface area contributed by atoms with E-state index in [0.717, 1.165) is 28.2 Å². The minimum Gasteiger partial charge on any atom is -0.398 e. The van der Waals surface area contributed by atoms with Crippen LogP contribution in [0.15, 0.2) is 42.5 Å². The molecule has 4 rings (SSSR count). The summed E-state index contributed by atoms with van der Waals surface area (Å²) in [6.07, 6.45) is 2.47. The highest BCUT2D eigenvalue weighted by molar-refractivity contribution is 5.84. The number of nitrogens with two attached hydrogens (primary N) is 1. The van der Waals surface area contributed by atoms with Gasteiger partial charge in [0.1, 0.15) is 5.82 Å². The molecule has 0 radical (unpaired) electrons. The van der Waals surface area contributed by atoms with E-state index in [-0.39, 0.29) is 0 Å². The molecule has 1 aromatic heterocycles. The van der Waals surface area contributed by atoms with E-state index in [4.69, 9.17) is 10.7 Å². The Labute approximate surface area is 118 Å². The van der Waals surface area contributed by atoms with Crippen molar-refractivity contribution in [1.29, 1.82) is 0 Å². The molecular formula is C17H17N3. The number of hydrogen-bond donors (Lipinski definition) is 1. The topological polar surface area (TPSA) is 43.8 Å². The molecule has 1 saturated carbocycles. The SMILES string of the molecule is Cc1cccc(-c2nc3ccccc3n2C2CC2)c1N. The first kappa shape index (κ1) is 11.5. The van der Waals surface area contributed by atoms with Gasteiger partial charge < -0.3 is 10.3 Å². The third kappa shape index (κ3) is 1.63. The van der Waals surface area contributed by atoms with Gasteiger partial charge in [-0.3, -0.25) is 0 Å². The third-order valence-corrected chi connectivity index (χ3v) is 4.07. The van der Waals surface area contributed by atoms with Crippen LogP contribution in [0, 0.1) is 6.92 Å². The molecule has 0 aliphatic heterocycles. The van der Waals surface area contributed by atoms with Gasteiger partial charge in [-0.15, -0.1) is 0 Å². The second kappa shape index (κ2) is 4.10. The van der Waals surface area contributed by atoms with Gasteiger partial charge in [0, 0.05) is 17.3 Å². The van der Waals surface area contributed by atoms with Gasteiger partial charge in [-0.1, -0.05) is 24.3 Å². The molecule has 2 N–H and O–H groups in total. The number of nitrogen functional groups attached to an aromatic ring is 1. The first-order valence-corrected chi connectivity index (χ1v) is 7.08. The Kier molecular flexibility index (Phi) is 2.36. The van der Waals surface area contributed by atoms with Crippen LogP contribution in [0.3, 0.4) is 0 Å². The molecule has 0 amide bonds. The smallest absolute Gasteiger partial charge is 0.143 e. The van der Waals surface area contributed by atoms with Crippen LogP contribution in [0.5, 0.6) is 0 Å².